The van der Waals surface area contributed by atoms with Gasteiger partial charge in [0.1, 0.15) is 0 Å². The molecule has 1 aromatic carbocycles. The molecule has 1 aromatic rings. The number of benzene rings is 1. The first-order valence-corrected chi connectivity index (χ1v) is 6.74. The molecule has 1 atom stereocenters. The van der Waals surface area contributed by atoms with Gasteiger partial charge >= 0.3 is 0 Å². The van der Waals surface area contributed by atoms with Gasteiger partial charge in [0.15, 0.2) is 0 Å². The van der Waals surface area contributed by atoms with Crippen LogP contribution < -0.4 is 5.32 Å². The Kier molecular flexibility index (Phi) is 4.74. The normalized spacial score (nSPS) is 19.9. The predicted molar refractivity (Wildman–Crippen MR) is 73.1 cm³/mol. The molecule has 0 aromatic heterocycles. The molecular formula is C15H21N3. The quantitative estimate of drug-likeness (QED) is 0.859. The molecule has 0 amide bonds. The van der Waals surface area contributed by atoms with Crippen molar-refractivity contribution in [2.45, 2.75) is 19.9 Å². The topological polar surface area (TPSA) is 39.1 Å². The molecule has 0 radical (unpaired) electrons. The van der Waals surface area contributed by atoms with Gasteiger partial charge in [-0.25, -0.2) is 0 Å². The van der Waals surface area contributed by atoms with Gasteiger partial charge < -0.3 is 10.2 Å². The van der Waals surface area contributed by atoms with Crippen LogP contribution in [0.15, 0.2) is 24.3 Å². The maximum absolute atomic E-state index is 8.84. The molecule has 1 N–H and O–H groups in total. The van der Waals surface area contributed by atoms with Crippen LogP contribution in [0, 0.1) is 17.2 Å². The van der Waals surface area contributed by atoms with Gasteiger partial charge in [0.05, 0.1) is 11.6 Å². The predicted octanol–water partition coefficient (Wildman–Crippen LogP) is 1.99. The molecule has 3 nitrogen and oxygen atoms in total. The highest BCUT2D eigenvalue weighted by Crippen LogP contribution is 2.14. The van der Waals surface area contributed by atoms with Gasteiger partial charge in [-0.1, -0.05) is 19.1 Å². The molecular weight excluding hydrogens is 222 g/mol. The van der Waals surface area contributed by atoms with E-state index in [1.54, 1.807) is 0 Å². The Hall–Kier alpha value is -1.37. The van der Waals surface area contributed by atoms with E-state index in [4.69, 9.17) is 5.26 Å². The highest BCUT2D eigenvalue weighted by atomic mass is 15.1. The summed E-state index contributed by atoms with van der Waals surface area (Å²) in [5.74, 6) is 0.782. The Bertz CT molecular complexity index is 422. The molecule has 1 fully saturated rings. The van der Waals surface area contributed by atoms with Crippen molar-refractivity contribution in [3.05, 3.63) is 35.4 Å². The molecule has 2 rings (SSSR count). The molecule has 0 spiro atoms. The van der Waals surface area contributed by atoms with E-state index in [1.807, 2.05) is 18.2 Å². The summed E-state index contributed by atoms with van der Waals surface area (Å²) < 4.78 is 0. The SMILES string of the molecule is CCN1CCC(CNCc2cccc(C#N)c2)C1. The molecule has 3 heteroatoms. The lowest BCUT2D eigenvalue weighted by molar-refractivity contribution is 0.339. The zero-order valence-electron chi connectivity index (χ0n) is 11.0. The minimum absolute atomic E-state index is 0.743. The van der Waals surface area contributed by atoms with E-state index in [0.29, 0.717) is 0 Å². The molecule has 96 valence electrons. The van der Waals surface area contributed by atoms with Gasteiger partial charge in [0.25, 0.3) is 0 Å². The number of nitrogens with one attached hydrogen (secondary N) is 1. The minimum Gasteiger partial charge on any atom is -0.312 e. The lowest BCUT2D eigenvalue weighted by atomic mass is 10.1. The van der Waals surface area contributed by atoms with E-state index in [2.05, 4.69) is 29.3 Å². The summed E-state index contributed by atoms with van der Waals surface area (Å²) in [4.78, 5) is 2.50. The Morgan fingerprint density at radius 2 is 2.39 bits per heavy atom. The summed E-state index contributed by atoms with van der Waals surface area (Å²) in [6.45, 7) is 7.80. The van der Waals surface area contributed by atoms with Gasteiger partial charge in [0.2, 0.25) is 0 Å². The van der Waals surface area contributed by atoms with Crippen molar-refractivity contribution in [2.24, 2.45) is 5.92 Å². The number of hydrogen-bond acceptors (Lipinski definition) is 3. The smallest absolute Gasteiger partial charge is 0.0991 e. The molecule has 1 aliphatic rings. The summed E-state index contributed by atoms with van der Waals surface area (Å²) >= 11 is 0. The van der Waals surface area contributed by atoms with Crippen LogP contribution in [-0.4, -0.2) is 31.1 Å². The fourth-order valence-corrected chi connectivity index (χ4v) is 2.54. The molecule has 1 aliphatic heterocycles. The lowest BCUT2D eigenvalue weighted by Gasteiger charge is -2.13. The van der Waals surface area contributed by atoms with Crippen molar-refractivity contribution in [1.82, 2.24) is 10.2 Å². The van der Waals surface area contributed by atoms with E-state index < -0.39 is 0 Å². The summed E-state index contributed by atoms with van der Waals surface area (Å²) in [5, 5.41) is 12.3. The summed E-state index contributed by atoms with van der Waals surface area (Å²) in [7, 11) is 0. The molecule has 18 heavy (non-hydrogen) atoms. The Morgan fingerprint density at radius 1 is 1.50 bits per heavy atom. The molecule has 0 aliphatic carbocycles. The van der Waals surface area contributed by atoms with Gasteiger partial charge in [-0.3, -0.25) is 0 Å². The molecule has 1 saturated heterocycles. The highest BCUT2D eigenvalue weighted by Gasteiger charge is 2.20. The van der Waals surface area contributed by atoms with Gasteiger partial charge in [0, 0.05) is 13.1 Å². The van der Waals surface area contributed by atoms with Crippen molar-refractivity contribution in [3.63, 3.8) is 0 Å². The average molecular weight is 243 g/mol. The van der Waals surface area contributed by atoms with Crippen molar-refractivity contribution in [1.29, 1.82) is 5.26 Å². The fraction of sp³-hybridized carbons (Fsp3) is 0.533. The van der Waals surface area contributed by atoms with E-state index in [1.165, 1.54) is 31.6 Å². The maximum Gasteiger partial charge on any atom is 0.0991 e. The second-order valence-electron chi connectivity index (χ2n) is 4.99. The summed E-state index contributed by atoms with van der Waals surface area (Å²) in [5.41, 5.74) is 1.94. The molecule has 0 bridgehead atoms. The van der Waals surface area contributed by atoms with Crippen LogP contribution in [-0.2, 0) is 6.54 Å². The van der Waals surface area contributed by atoms with Crippen molar-refractivity contribution in [3.8, 4) is 6.07 Å². The van der Waals surface area contributed by atoms with Crippen LogP contribution in [0.4, 0.5) is 0 Å². The zero-order chi connectivity index (χ0) is 12.8. The number of likely N-dealkylation sites (tertiary alicyclic amines) is 1. The Morgan fingerprint density at radius 3 is 3.11 bits per heavy atom. The fourth-order valence-electron chi connectivity index (χ4n) is 2.54. The number of rotatable bonds is 5. The molecule has 1 heterocycles. The third-order valence-electron chi connectivity index (χ3n) is 3.64. The van der Waals surface area contributed by atoms with Gasteiger partial charge in [-0.15, -0.1) is 0 Å². The van der Waals surface area contributed by atoms with Crippen LogP contribution in [0.3, 0.4) is 0 Å². The standard InChI is InChI=1S/C15H21N3/c1-2-18-7-6-15(12-18)11-17-10-14-5-3-4-13(8-14)9-16/h3-5,8,15,17H,2,6-7,10-12H2,1H3. The van der Waals surface area contributed by atoms with Crippen molar-refractivity contribution < 1.29 is 0 Å². The first kappa shape index (κ1) is 13.1. The van der Waals surface area contributed by atoms with Gasteiger partial charge in [-0.2, -0.15) is 5.26 Å². The van der Waals surface area contributed by atoms with Crippen molar-refractivity contribution >= 4 is 0 Å². The minimum atomic E-state index is 0.743. The van der Waals surface area contributed by atoms with Crippen LogP contribution in [0.25, 0.3) is 0 Å². The average Bonchev–Trinajstić information content (AvgIpc) is 2.87. The third-order valence-corrected chi connectivity index (χ3v) is 3.64. The maximum atomic E-state index is 8.84. The first-order chi connectivity index (χ1) is 8.81. The van der Waals surface area contributed by atoms with Crippen LogP contribution in [0.1, 0.15) is 24.5 Å². The molecule has 0 saturated carbocycles. The summed E-state index contributed by atoms with van der Waals surface area (Å²) in [6.07, 6.45) is 1.30. The van der Waals surface area contributed by atoms with Gasteiger partial charge in [-0.05, 0) is 49.7 Å². The van der Waals surface area contributed by atoms with E-state index in [9.17, 15) is 0 Å². The second-order valence-corrected chi connectivity index (χ2v) is 4.99. The monoisotopic (exact) mass is 243 g/mol. The van der Waals surface area contributed by atoms with E-state index in [-0.39, 0.29) is 0 Å². The zero-order valence-corrected chi connectivity index (χ0v) is 11.0. The van der Waals surface area contributed by atoms with E-state index >= 15 is 0 Å². The third kappa shape index (κ3) is 3.56. The van der Waals surface area contributed by atoms with E-state index in [0.717, 1.165) is 24.6 Å². The number of hydrogen-bond donors (Lipinski definition) is 1. The van der Waals surface area contributed by atoms with Crippen molar-refractivity contribution in [2.75, 3.05) is 26.2 Å². The Balaban J connectivity index is 1.74. The molecule has 1 unspecified atom stereocenters. The number of nitriles is 1. The summed E-state index contributed by atoms with van der Waals surface area (Å²) in [6, 6.07) is 10.0. The largest absolute Gasteiger partial charge is 0.312 e. The highest BCUT2D eigenvalue weighted by molar-refractivity contribution is 5.32. The lowest BCUT2D eigenvalue weighted by Crippen LogP contribution is -2.26. The van der Waals surface area contributed by atoms with Crippen LogP contribution >= 0.6 is 0 Å². The Labute approximate surface area is 109 Å². The van der Waals surface area contributed by atoms with Crippen LogP contribution in [0.2, 0.25) is 0 Å². The first-order valence-electron chi connectivity index (χ1n) is 6.74. The second kappa shape index (κ2) is 6.53. The van der Waals surface area contributed by atoms with Crippen LogP contribution in [0.5, 0.6) is 0 Å². The number of nitrogens with zero attached hydrogens (tertiary/aromatic N) is 2.